The van der Waals surface area contributed by atoms with Crippen molar-refractivity contribution in [3.63, 3.8) is 0 Å². The molecule has 1 fully saturated rings. The van der Waals surface area contributed by atoms with E-state index >= 15 is 0 Å². The highest BCUT2D eigenvalue weighted by Gasteiger charge is 2.17. The van der Waals surface area contributed by atoms with Crippen molar-refractivity contribution in [2.45, 2.75) is 45.2 Å². The molecule has 2 rings (SSSR count). The fourth-order valence-corrected chi connectivity index (χ4v) is 3.09. The molecule has 0 amide bonds. The molecule has 1 aromatic rings. The van der Waals surface area contributed by atoms with Gasteiger partial charge in [-0.1, -0.05) is 13.3 Å². The van der Waals surface area contributed by atoms with Crippen LogP contribution < -0.4 is 5.73 Å². The van der Waals surface area contributed by atoms with Gasteiger partial charge in [0.1, 0.15) is 5.01 Å². The fourth-order valence-electron chi connectivity index (χ4n) is 2.22. The molecular formula is C12H22ClN3S. The Kier molecular flexibility index (Phi) is 6.41. The van der Waals surface area contributed by atoms with Gasteiger partial charge in [0.25, 0.3) is 0 Å². The van der Waals surface area contributed by atoms with Crippen LogP contribution in [0.25, 0.3) is 0 Å². The average molecular weight is 276 g/mol. The minimum absolute atomic E-state index is 0. The maximum absolute atomic E-state index is 5.97. The Morgan fingerprint density at radius 2 is 2.41 bits per heavy atom. The SMILES string of the molecule is CCCc1csc(CN2CCC[C@@H](N)C2)n1.Cl. The number of likely N-dealkylation sites (tertiary alicyclic amines) is 1. The summed E-state index contributed by atoms with van der Waals surface area (Å²) in [4.78, 5) is 7.09. The lowest BCUT2D eigenvalue weighted by atomic mass is 10.1. The molecule has 3 nitrogen and oxygen atoms in total. The minimum atomic E-state index is 0. The summed E-state index contributed by atoms with van der Waals surface area (Å²) in [6, 6.07) is 0.365. The monoisotopic (exact) mass is 275 g/mol. The predicted octanol–water partition coefficient (Wildman–Crippen LogP) is 2.44. The maximum Gasteiger partial charge on any atom is 0.107 e. The number of hydrogen-bond donors (Lipinski definition) is 1. The number of thiazole rings is 1. The first-order valence-corrected chi connectivity index (χ1v) is 7.07. The van der Waals surface area contributed by atoms with E-state index in [0.29, 0.717) is 6.04 Å². The Hall–Kier alpha value is -0.160. The van der Waals surface area contributed by atoms with Gasteiger partial charge in [-0.25, -0.2) is 4.98 Å². The van der Waals surface area contributed by atoms with Crippen LogP contribution >= 0.6 is 23.7 Å². The van der Waals surface area contributed by atoms with Gasteiger partial charge in [-0.2, -0.15) is 0 Å². The minimum Gasteiger partial charge on any atom is -0.327 e. The van der Waals surface area contributed by atoms with Crippen LogP contribution in [-0.4, -0.2) is 29.0 Å². The van der Waals surface area contributed by atoms with Crippen LogP contribution in [0.3, 0.4) is 0 Å². The summed E-state index contributed by atoms with van der Waals surface area (Å²) in [7, 11) is 0. The number of rotatable bonds is 4. The first kappa shape index (κ1) is 14.9. The summed E-state index contributed by atoms with van der Waals surface area (Å²) in [5.74, 6) is 0. The summed E-state index contributed by atoms with van der Waals surface area (Å²) in [5, 5.41) is 3.44. The number of aromatic nitrogens is 1. The zero-order valence-corrected chi connectivity index (χ0v) is 12.0. The summed E-state index contributed by atoms with van der Waals surface area (Å²) in [6.07, 6.45) is 4.69. The van der Waals surface area contributed by atoms with Crippen LogP contribution in [-0.2, 0) is 13.0 Å². The van der Waals surface area contributed by atoms with E-state index in [4.69, 9.17) is 5.73 Å². The molecule has 0 aromatic carbocycles. The molecule has 0 aliphatic carbocycles. The topological polar surface area (TPSA) is 42.1 Å². The number of nitrogens with zero attached hydrogens (tertiary/aromatic N) is 2. The van der Waals surface area contributed by atoms with Crippen molar-refractivity contribution in [1.29, 1.82) is 0 Å². The second-order valence-electron chi connectivity index (χ2n) is 4.62. The maximum atomic E-state index is 5.97. The molecule has 0 unspecified atom stereocenters. The summed E-state index contributed by atoms with van der Waals surface area (Å²) in [6.45, 7) is 5.39. The molecule has 0 saturated carbocycles. The fraction of sp³-hybridized carbons (Fsp3) is 0.750. The number of hydrogen-bond acceptors (Lipinski definition) is 4. The summed E-state index contributed by atoms with van der Waals surface area (Å²) in [5.41, 5.74) is 7.23. The highest BCUT2D eigenvalue weighted by molar-refractivity contribution is 7.09. The van der Waals surface area contributed by atoms with Crippen LogP contribution in [0.2, 0.25) is 0 Å². The van der Waals surface area contributed by atoms with E-state index in [0.717, 1.165) is 19.5 Å². The van der Waals surface area contributed by atoms with E-state index in [1.54, 1.807) is 11.3 Å². The Labute approximate surface area is 114 Å². The average Bonchev–Trinajstić information content (AvgIpc) is 2.66. The van der Waals surface area contributed by atoms with Gasteiger partial charge >= 0.3 is 0 Å². The molecule has 5 heteroatoms. The number of nitrogens with two attached hydrogens (primary N) is 1. The van der Waals surface area contributed by atoms with Crippen molar-refractivity contribution >= 4 is 23.7 Å². The largest absolute Gasteiger partial charge is 0.327 e. The Morgan fingerprint density at radius 3 is 3.12 bits per heavy atom. The molecule has 2 N–H and O–H groups in total. The standard InChI is InChI=1S/C12H21N3S.ClH/c1-2-4-11-9-16-12(14-11)8-15-6-3-5-10(13)7-15;/h9-10H,2-8,13H2,1H3;1H/t10-;/m1./s1. The second kappa shape index (κ2) is 7.31. The molecule has 1 saturated heterocycles. The lowest BCUT2D eigenvalue weighted by Gasteiger charge is -2.29. The number of piperidine rings is 1. The lowest BCUT2D eigenvalue weighted by Crippen LogP contribution is -2.42. The number of aryl methyl sites for hydroxylation is 1. The Morgan fingerprint density at radius 1 is 1.59 bits per heavy atom. The molecule has 2 heterocycles. The van der Waals surface area contributed by atoms with Gasteiger partial charge < -0.3 is 5.73 Å². The molecular weight excluding hydrogens is 254 g/mol. The normalized spacial score (nSPS) is 21.2. The molecule has 1 aliphatic rings. The van der Waals surface area contributed by atoms with E-state index in [9.17, 15) is 0 Å². The van der Waals surface area contributed by atoms with Crippen LogP contribution in [0.4, 0.5) is 0 Å². The van der Waals surface area contributed by atoms with E-state index in [1.807, 2.05) is 0 Å². The third-order valence-electron chi connectivity index (χ3n) is 3.01. The molecule has 0 spiro atoms. The smallest absolute Gasteiger partial charge is 0.107 e. The first-order valence-electron chi connectivity index (χ1n) is 6.19. The zero-order valence-electron chi connectivity index (χ0n) is 10.4. The van der Waals surface area contributed by atoms with Gasteiger partial charge in [0.2, 0.25) is 0 Å². The molecule has 0 bridgehead atoms. The van der Waals surface area contributed by atoms with Gasteiger partial charge in [0, 0.05) is 18.0 Å². The quantitative estimate of drug-likeness (QED) is 0.918. The van der Waals surface area contributed by atoms with Crippen molar-refractivity contribution in [3.8, 4) is 0 Å². The lowest BCUT2D eigenvalue weighted by molar-refractivity contribution is 0.201. The van der Waals surface area contributed by atoms with E-state index in [-0.39, 0.29) is 12.4 Å². The Bertz CT molecular complexity index is 329. The van der Waals surface area contributed by atoms with Crippen LogP contribution in [0.5, 0.6) is 0 Å². The van der Waals surface area contributed by atoms with Gasteiger partial charge in [-0.3, -0.25) is 4.90 Å². The van der Waals surface area contributed by atoms with Crippen LogP contribution in [0.15, 0.2) is 5.38 Å². The van der Waals surface area contributed by atoms with Crippen molar-refractivity contribution in [2.75, 3.05) is 13.1 Å². The summed E-state index contributed by atoms with van der Waals surface area (Å²) < 4.78 is 0. The van der Waals surface area contributed by atoms with Crippen LogP contribution in [0.1, 0.15) is 36.9 Å². The third kappa shape index (κ3) is 4.54. The highest BCUT2D eigenvalue weighted by Crippen LogP contribution is 2.16. The summed E-state index contributed by atoms with van der Waals surface area (Å²) >= 11 is 1.79. The second-order valence-corrected chi connectivity index (χ2v) is 5.56. The van der Waals surface area contributed by atoms with Crippen molar-refractivity contribution in [3.05, 3.63) is 16.1 Å². The molecule has 1 aliphatic heterocycles. The van der Waals surface area contributed by atoms with Crippen molar-refractivity contribution in [2.24, 2.45) is 5.73 Å². The van der Waals surface area contributed by atoms with Gasteiger partial charge in [-0.05, 0) is 25.8 Å². The van der Waals surface area contributed by atoms with Crippen molar-refractivity contribution < 1.29 is 0 Å². The van der Waals surface area contributed by atoms with Gasteiger partial charge in [0.15, 0.2) is 0 Å². The zero-order chi connectivity index (χ0) is 11.4. The number of halogens is 1. The van der Waals surface area contributed by atoms with Gasteiger partial charge in [-0.15, -0.1) is 23.7 Å². The predicted molar refractivity (Wildman–Crippen MR) is 75.8 cm³/mol. The third-order valence-corrected chi connectivity index (χ3v) is 3.89. The highest BCUT2D eigenvalue weighted by atomic mass is 35.5. The van der Waals surface area contributed by atoms with Crippen molar-refractivity contribution in [1.82, 2.24) is 9.88 Å². The van der Waals surface area contributed by atoms with Gasteiger partial charge in [0.05, 0.1) is 12.2 Å². The molecule has 1 atom stereocenters. The molecule has 1 aromatic heterocycles. The Balaban J connectivity index is 0.00000144. The molecule has 98 valence electrons. The van der Waals surface area contributed by atoms with Crippen LogP contribution in [0, 0.1) is 0 Å². The van der Waals surface area contributed by atoms with E-state index in [1.165, 1.54) is 36.5 Å². The first-order chi connectivity index (χ1) is 7.78. The molecule has 17 heavy (non-hydrogen) atoms. The van der Waals surface area contributed by atoms with E-state index in [2.05, 4.69) is 22.2 Å². The van der Waals surface area contributed by atoms with E-state index < -0.39 is 0 Å². The molecule has 0 radical (unpaired) electrons.